The molecule has 9 heteroatoms. The van der Waals surface area contributed by atoms with Gasteiger partial charge in [-0.1, -0.05) is 41.9 Å². The maximum atomic E-state index is 12.9. The molecule has 0 fully saturated rings. The molecule has 0 saturated heterocycles. The SMILES string of the molecule is CN(CCOc1ccc(F)cc1)C(=O)c1ccc(Cl)c(S(=O)(=O)NCc2ccccc2)c1. The number of hydrogen-bond donors (Lipinski definition) is 1. The van der Waals surface area contributed by atoms with E-state index in [4.69, 9.17) is 16.3 Å². The van der Waals surface area contributed by atoms with Crippen molar-refractivity contribution >= 4 is 27.5 Å². The number of amides is 1. The molecule has 3 aromatic rings. The van der Waals surface area contributed by atoms with Crippen molar-refractivity contribution in [2.45, 2.75) is 11.4 Å². The van der Waals surface area contributed by atoms with Gasteiger partial charge in [0.15, 0.2) is 0 Å². The van der Waals surface area contributed by atoms with Crippen LogP contribution >= 0.6 is 11.6 Å². The van der Waals surface area contributed by atoms with Crippen LogP contribution < -0.4 is 9.46 Å². The molecule has 0 spiro atoms. The summed E-state index contributed by atoms with van der Waals surface area (Å²) in [6.45, 7) is 0.525. The monoisotopic (exact) mass is 476 g/mol. The molecule has 0 bridgehead atoms. The Hall–Kier alpha value is -2.94. The molecule has 0 unspecified atom stereocenters. The zero-order valence-electron chi connectivity index (χ0n) is 17.3. The van der Waals surface area contributed by atoms with Crippen molar-refractivity contribution in [2.75, 3.05) is 20.2 Å². The number of halogens is 2. The molecular formula is C23H22ClFN2O4S. The Bertz CT molecular complexity index is 1170. The van der Waals surface area contributed by atoms with Crippen molar-refractivity contribution < 1.29 is 22.3 Å². The van der Waals surface area contributed by atoms with E-state index in [0.29, 0.717) is 5.75 Å². The molecule has 0 heterocycles. The molecule has 6 nitrogen and oxygen atoms in total. The van der Waals surface area contributed by atoms with Crippen molar-refractivity contribution in [3.05, 3.63) is 94.8 Å². The smallest absolute Gasteiger partial charge is 0.253 e. The minimum atomic E-state index is -3.94. The van der Waals surface area contributed by atoms with Gasteiger partial charge in [0.25, 0.3) is 5.91 Å². The first kappa shape index (κ1) is 23.7. The molecule has 0 atom stereocenters. The van der Waals surface area contributed by atoms with E-state index < -0.39 is 10.0 Å². The van der Waals surface area contributed by atoms with Crippen LogP contribution in [0.25, 0.3) is 0 Å². The summed E-state index contributed by atoms with van der Waals surface area (Å²) in [5, 5.41) is 0.0180. The number of ether oxygens (including phenoxy) is 1. The van der Waals surface area contributed by atoms with Crippen LogP contribution in [0, 0.1) is 5.82 Å². The molecule has 32 heavy (non-hydrogen) atoms. The summed E-state index contributed by atoms with van der Waals surface area (Å²) in [4.78, 5) is 14.0. The van der Waals surface area contributed by atoms with Gasteiger partial charge in [-0.2, -0.15) is 0 Å². The summed E-state index contributed by atoms with van der Waals surface area (Å²) >= 11 is 6.12. The van der Waals surface area contributed by atoms with E-state index in [2.05, 4.69) is 4.72 Å². The van der Waals surface area contributed by atoms with Gasteiger partial charge in [-0.25, -0.2) is 17.5 Å². The lowest BCUT2D eigenvalue weighted by molar-refractivity contribution is 0.0773. The fraction of sp³-hybridized carbons (Fsp3) is 0.174. The first-order valence-corrected chi connectivity index (χ1v) is 11.6. The van der Waals surface area contributed by atoms with E-state index in [1.807, 2.05) is 18.2 Å². The molecule has 168 valence electrons. The first-order valence-electron chi connectivity index (χ1n) is 9.73. The molecule has 0 aliphatic carbocycles. The van der Waals surface area contributed by atoms with Gasteiger partial charge in [-0.05, 0) is 48.0 Å². The van der Waals surface area contributed by atoms with Crippen LogP contribution in [-0.4, -0.2) is 39.4 Å². The lowest BCUT2D eigenvalue weighted by atomic mass is 10.2. The highest BCUT2D eigenvalue weighted by atomic mass is 35.5. The van der Waals surface area contributed by atoms with Crippen molar-refractivity contribution in [3.8, 4) is 5.75 Å². The molecule has 3 rings (SSSR count). The third-order valence-electron chi connectivity index (χ3n) is 4.63. The number of likely N-dealkylation sites (N-methyl/N-ethyl adjacent to an activating group) is 1. The van der Waals surface area contributed by atoms with E-state index in [0.717, 1.165) is 5.56 Å². The maximum absolute atomic E-state index is 12.9. The lowest BCUT2D eigenvalue weighted by Crippen LogP contribution is -2.31. The number of sulfonamides is 1. The predicted molar refractivity (Wildman–Crippen MR) is 121 cm³/mol. The van der Waals surface area contributed by atoms with Crippen molar-refractivity contribution in [2.24, 2.45) is 0 Å². The van der Waals surface area contributed by atoms with E-state index in [-0.39, 0.29) is 46.9 Å². The minimum Gasteiger partial charge on any atom is -0.492 e. The Kier molecular flexibility index (Phi) is 7.84. The van der Waals surface area contributed by atoms with Crippen LogP contribution in [0.2, 0.25) is 5.02 Å². The largest absolute Gasteiger partial charge is 0.492 e. The summed E-state index contributed by atoms with van der Waals surface area (Å²) < 4.78 is 46.5. The molecule has 0 aliphatic heterocycles. The Labute approximate surface area is 191 Å². The number of carbonyl (C=O) groups is 1. The Morgan fingerprint density at radius 3 is 2.44 bits per heavy atom. The van der Waals surface area contributed by atoms with Crippen LogP contribution in [0.15, 0.2) is 77.7 Å². The van der Waals surface area contributed by atoms with Crippen molar-refractivity contribution in [3.63, 3.8) is 0 Å². The Morgan fingerprint density at radius 1 is 1.06 bits per heavy atom. The third kappa shape index (κ3) is 6.29. The summed E-state index contributed by atoms with van der Waals surface area (Å²) in [6, 6.07) is 18.7. The van der Waals surface area contributed by atoms with Gasteiger partial charge >= 0.3 is 0 Å². The Balaban J connectivity index is 1.65. The number of benzene rings is 3. The van der Waals surface area contributed by atoms with Gasteiger partial charge < -0.3 is 9.64 Å². The topological polar surface area (TPSA) is 75.7 Å². The van der Waals surface area contributed by atoms with E-state index in [1.165, 1.54) is 47.4 Å². The molecule has 1 N–H and O–H groups in total. The number of rotatable bonds is 9. The van der Waals surface area contributed by atoms with Gasteiger partial charge in [-0.15, -0.1) is 0 Å². The molecule has 3 aromatic carbocycles. The van der Waals surface area contributed by atoms with Crippen LogP contribution in [-0.2, 0) is 16.6 Å². The fourth-order valence-electron chi connectivity index (χ4n) is 2.85. The zero-order valence-corrected chi connectivity index (χ0v) is 18.9. The zero-order chi connectivity index (χ0) is 23.1. The summed E-state index contributed by atoms with van der Waals surface area (Å²) in [7, 11) is -2.36. The van der Waals surface area contributed by atoms with Crippen LogP contribution in [0.1, 0.15) is 15.9 Å². The highest BCUT2D eigenvalue weighted by Crippen LogP contribution is 2.23. The van der Waals surface area contributed by atoms with E-state index >= 15 is 0 Å². The van der Waals surface area contributed by atoms with Crippen molar-refractivity contribution in [1.82, 2.24) is 9.62 Å². The van der Waals surface area contributed by atoms with Crippen molar-refractivity contribution in [1.29, 1.82) is 0 Å². The maximum Gasteiger partial charge on any atom is 0.253 e. The van der Waals surface area contributed by atoms with E-state index in [9.17, 15) is 17.6 Å². The molecule has 1 amide bonds. The van der Waals surface area contributed by atoms with Gasteiger partial charge in [0.2, 0.25) is 10.0 Å². The number of hydrogen-bond acceptors (Lipinski definition) is 4. The van der Waals surface area contributed by atoms with E-state index in [1.54, 1.807) is 19.2 Å². The third-order valence-corrected chi connectivity index (χ3v) is 6.52. The van der Waals surface area contributed by atoms with Crippen LogP contribution in [0.5, 0.6) is 5.75 Å². The molecule has 0 aliphatic rings. The number of nitrogens with one attached hydrogen (secondary N) is 1. The van der Waals surface area contributed by atoms with Gasteiger partial charge in [0.05, 0.1) is 11.6 Å². The average molecular weight is 477 g/mol. The number of carbonyl (C=O) groups excluding carboxylic acids is 1. The Morgan fingerprint density at radius 2 is 1.75 bits per heavy atom. The predicted octanol–water partition coefficient (Wildman–Crippen LogP) is 4.11. The molecule has 0 aromatic heterocycles. The molecule has 0 saturated carbocycles. The van der Waals surface area contributed by atoms with Crippen LogP contribution in [0.4, 0.5) is 4.39 Å². The first-order chi connectivity index (χ1) is 15.3. The quantitative estimate of drug-likeness (QED) is 0.504. The summed E-state index contributed by atoms with van der Waals surface area (Å²) in [5.41, 5.74) is 0.971. The van der Waals surface area contributed by atoms with Gasteiger partial charge in [0.1, 0.15) is 23.1 Å². The fourth-order valence-corrected chi connectivity index (χ4v) is 4.39. The normalized spacial score (nSPS) is 11.2. The highest BCUT2D eigenvalue weighted by molar-refractivity contribution is 7.89. The molecule has 0 radical (unpaired) electrons. The van der Waals surface area contributed by atoms with Gasteiger partial charge in [0, 0.05) is 19.2 Å². The van der Waals surface area contributed by atoms with Gasteiger partial charge in [-0.3, -0.25) is 4.79 Å². The standard InChI is InChI=1S/C23H22ClFN2O4S/c1-27(13-14-31-20-10-8-19(25)9-11-20)23(28)18-7-12-21(24)22(15-18)32(29,30)26-16-17-5-3-2-4-6-17/h2-12,15,26H,13-14,16H2,1H3. The lowest BCUT2D eigenvalue weighted by Gasteiger charge is -2.18. The summed E-state index contributed by atoms with van der Waals surface area (Å²) in [5.74, 6) is -0.267. The van der Waals surface area contributed by atoms with Crippen LogP contribution in [0.3, 0.4) is 0 Å². The minimum absolute atomic E-state index is 0.0180. The highest BCUT2D eigenvalue weighted by Gasteiger charge is 2.21. The second-order valence-electron chi connectivity index (χ2n) is 6.98. The number of nitrogens with zero attached hydrogens (tertiary/aromatic N) is 1. The second-order valence-corrected chi connectivity index (χ2v) is 9.13. The average Bonchev–Trinajstić information content (AvgIpc) is 2.79. The molecular weight excluding hydrogens is 455 g/mol. The second kappa shape index (κ2) is 10.6. The summed E-state index contributed by atoms with van der Waals surface area (Å²) in [6.07, 6.45) is 0.